The number of hydrogen-bond acceptors (Lipinski definition) is 4. The second kappa shape index (κ2) is 11.4. The number of fused-ring (bicyclic) bond motifs is 12. The lowest BCUT2D eigenvalue weighted by Crippen LogP contribution is -1.98. The van der Waals surface area contributed by atoms with E-state index in [4.69, 9.17) is 8.83 Å². The monoisotopic (exact) mass is 716 g/mol. The fourth-order valence-electron chi connectivity index (χ4n) is 9.07. The Kier molecular flexibility index (Phi) is 6.21. The van der Waals surface area contributed by atoms with E-state index < -0.39 is 0 Å². The molecule has 260 valence electrons. The van der Waals surface area contributed by atoms with Gasteiger partial charge in [-0.25, -0.2) is 0 Å². The van der Waals surface area contributed by atoms with Crippen molar-refractivity contribution in [2.75, 3.05) is 0 Å². The number of hydrogen-bond donors (Lipinski definition) is 0. The van der Waals surface area contributed by atoms with Crippen LogP contribution in [-0.2, 0) is 0 Å². The minimum atomic E-state index is 0.434. The summed E-state index contributed by atoms with van der Waals surface area (Å²) in [5, 5.41) is 28.6. The highest BCUT2D eigenvalue weighted by molar-refractivity contribution is 6.20. The van der Waals surface area contributed by atoms with Crippen molar-refractivity contribution in [1.82, 2.24) is 9.13 Å². The van der Waals surface area contributed by atoms with Gasteiger partial charge in [-0.1, -0.05) is 60.7 Å². The van der Waals surface area contributed by atoms with E-state index in [1.165, 1.54) is 22.0 Å². The summed E-state index contributed by atoms with van der Waals surface area (Å²) in [6.45, 7) is 0. The molecule has 0 radical (unpaired) electrons. The van der Waals surface area contributed by atoms with Gasteiger partial charge in [0.15, 0.2) is 0 Å². The summed E-state index contributed by atoms with van der Waals surface area (Å²) in [5.41, 5.74) is 12.7. The molecular formula is C50H28N4O2. The molecule has 0 N–H and O–H groups in total. The molecule has 12 rings (SSSR count). The van der Waals surface area contributed by atoms with Crippen molar-refractivity contribution in [1.29, 1.82) is 10.5 Å². The number of nitriles is 2. The number of para-hydroxylation sites is 2. The van der Waals surface area contributed by atoms with Crippen LogP contribution in [0.4, 0.5) is 0 Å². The second-order valence-corrected chi connectivity index (χ2v) is 14.7. The van der Waals surface area contributed by atoms with Crippen molar-refractivity contribution < 1.29 is 8.83 Å². The zero-order valence-electron chi connectivity index (χ0n) is 29.9. The summed E-state index contributed by atoms with van der Waals surface area (Å²) in [4.78, 5) is 0. The summed E-state index contributed by atoms with van der Waals surface area (Å²) in [6, 6.07) is 48.4. The van der Waals surface area contributed by atoms with Crippen molar-refractivity contribution >= 4 is 93.2 Å². The number of nitrogens with zero attached hydrogens (tertiary/aromatic N) is 4. The lowest BCUT2D eigenvalue weighted by molar-refractivity contribution is 0.669. The van der Waals surface area contributed by atoms with Gasteiger partial charge in [-0.3, -0.25) is 0 Å². The van der Waals surface area contributed by atoms with Crippen LogP contribution < -0.4 is 0 Å². The Morgan fingerprint density at radius 2 is 1.00 bits per heavy atom. The number of allylic oxidation sites excluding steroid dienone is 4. The third kappa shape index (κ3) is 4.30. The Morgan fingerprint density at radius 1 is 0.464 bits per heavy atom. The van der Waals surface area contributed by atoms with Gasteiger partial charge in [0.1, 0.15) is 22.3 Å². The van der Waals surface area contributed by atoms with Crippen LogP contribution in [0.3, 0.4) is 0 Å². The van der Waals surface area contributed by atoms with Gasteiger partial charge in [-0.2, -0.15) is 10.5 Å². The third-order valence-electron chi connectivity index (χ3n) is 11.6. The van der Waals surface area contributed by atoms with Crippen LogP contribution in [0.2, 0.25) is 0 Å². The van der Waals surface area contributed by atoms with Gasteiger partial charge < -0.3 is 18.0 Å². The highest BCUT2D eigenvalue weighted by Crippen LogP contribution is 2.43. The van der Waals surface area contributed by atoms with Gasteiger partial charge in [-0.15, -0.1) is 0 Å². The maximum Gasteiger partial charge on any atom is 0.137 e. The van der Waals surface area contributed by atoms with Crippen LogP contribution in [-0.4, -0.2) is 9.13 Å². The van der Waals surface area contributed by atoms with E-state index >= 15 is 0 Å². The average Bonchev–Trinajstić information content (AvgIpc) is 3.98. The quantitative estimate of drug-likeness (QED) is 0.182. The molecule has 0 fully saturated rings. The number of furan rings is 2. The normalized spacial score (nSPS) is 13.2. The summed E-state index contributed by atoms with van der Waals surface area (Å²) < 4.78 is 17.3. The third-order valence-corrected chi connectivity index (χ3v) is 11.6. The molecule has 1 aliphatic rings. The SMILES string of the molecule is N#Cc1cc(C#N)cc(-n2c3ccc(-c4ccc5c(c4)c4cc6c(cc4n5C4=CC=CCC4)oc4ccccc46)cc3c3cc4c(cc32)oc2ccccc24)c1. The molecule has 0 spiro atoms. The molecule has 4 heterocycles. The highest BCUT2D eigenvalue weighted by atomic mass is 16.3. The van der Waals surface area contributed by atoms with Crippen LogP contribution in [0.1, 0.15) is 24.0 Å². The smallest absolute Gasteiger partial charge is 0.137 e. The number of benzene rings is 7. The van der Waals surface area contributed by atoms with Gasteiger partial charge in [-0.05, 0) is 96.8 Å². The first-order chi connectivity index (χ1) is 27.6. The Hall–Kier alpha value is -7.80. The Labute approximate surface area is 319 Å². The van der Waals surface area contributed by atoms with Gasteiger partial charge >= 0.3 is 0 Å². The zero-order chi connectivity index (χ0) is 37.1. The first-order valence-corrected chi connectivity index (χ1v) is 18.7. The van der Waals surface area contributed by atoms with Crippen LogP contribution in [0.5, 0.6) is 0 Å². The first-order valence-electron chi connectivity index (χ1n) is 18.7. The van der Waals surface area contributed by atoms with E-state index in [1.807, 2.05) is 42.5 Å². The van der Waals surface area contributed by atoms with Crippen molar-refractivity contribution in [3.05, 3.63) is 157 Å². The summed E-state index contributed by atoms with van der Waals surface area (Å²) >= 11 is 0. The Balaban J connectivity index is 1.13. The molecule has 0 unspecified atom stereocenters. The van der Waals surface area contributed by atoms with Gasteiger partial charge in [0.2, 0.25) is 0 Å². The predicted molar refractivity (Wildman–Crippen MR) is 226 cm³/mol. The molecule has 4 aromatic heterocycles. The summed E-state index contributed by atoms with van der Waals surface area (Å²) in [7, 11) is 0. The topological polar surface area (TPSA) is 83.7 Å². The van der Waals surface area contributed by atoms with E-state index in [0.29, 0.717) is 11.1 Å². The Bertz CT molecular complexity index is 3650. The molecule has 0 atom stereocenters. The summed E-state index contributed by atoms with van der Waals surface area (Å²) in [5.74, 6) is 0. The molecule has 0 aliphatic heterocycles. The fraction of sp³-hybridized carbons (Fsp3) is 0.0400. The van der Waals surface area contributed by atoms with E-state index in [2.05, 4.69) is 118 Å². The first kappa shape index (κ1) is 30.6. The number of rotatable bonds is 3. The molecule has 1 aliphatic carbocycles. The molecule has 0 saturated carbocycles. The predicted octanol–water partition coefficient (Wildman–Crippen LogP) is 13.3. The number of aromatic nitrogens is 2. The summed E-state index contributed by atoms with van der Waals surface area (Å²) in [6.07, 6.45) is 8.58. The molecule has 56 heavy (non-hydrogen) atoms. The minimum absolute atomic E-state index is 0.434. The van der Waals surface area contributed by atoms with Gasteiger partial charge in [0.25, 0.3) is 0 Å². The van der Waals surface area contributed by atoms with E-state index in [9.17, 15) is 10.5 Å². The highest BCUT2D eigenvalue weighted by Gasteiger charge is 2.21. The molecule has 0 amide bonds. The van der Waals surface area contributed by atoms with Crippen LogP contribution in [0.15, 0.2) is 154 Å². The molecular weight excluding hydrogens is 689 g/mol. The fourth-order valence-corrected chi connectivity index (χ4v) is 9.07. The van der Waals surface area contributed by atoms with Gasteiger partial charge in [0.05, 0.1) is 45.3 Å². The van der Waals surface area contributed by atoms with Crippen molar-refractivity contribution in [3.63, 3.8) is 0 Å². The minimum Gasteiger partial charge on any atom is -0.456 e. The maximum absolute atomic E-state index is 9.90. The molecule has 0 saturated heterocycles. The van der Waals surface area contributed by atoms with E-state index in [-0.39, 0.29) is 0 Å². The van der Waals surface area contributed by atoms with Crippen molar-refractivity contribution in [3.8, 4) is 29.0 Å². The standard InChI is InChI=1S/C50H28N4O2/c51-27-29-18-30(28-52)20-34(19-29)54-44-17-15-32(22-38(44)40-24-42-36-11-5-7-13-48(36)56-50(42)26-46(40)54)31-14-16-43-37(21-31)39-23-41-35-10-4-6-12-47(35)55-49(41)25-45(39)53(43)33-8-2-1-3-9-33/h1-2,4-8,10-26H,3,9H2. The van der Waals surface area contributed by atoms with Crippen molar-refractivity contribution in [2.45, 2.75) is 12.8 Å². The van der Waals surface area contributed by atoms with Gasteiger partial charge in [0, 0.05) is 66.6 Å². The van der Waals surface area contributed by atoms with Crippen molar-refractivity contribution in [2.24, 2.45) is 0 Å². The van der Waals surface area contributed by atoms with Crippen LogP contribution in [0, 0.1) is 22.7 Å². The lowest BCUT2D eigenvalue weighted by Gasteiger charge is -2.14. The second-order valence-electron chi connectivity index (χ2n) is 14.7. The van der Waals surface area contributed by atoms with Crippen LogP contribution in [0.25, 0.3) is 110 Å². The van der Waals surface area contributed by atoms with Crippen LogP contribution >= 0.6 is 0 Å². The van der Waals surface area contributed by atoms with E-state index in [1.54, 1.807) is 6.07 Å². The molecule has 11 aromatic rings. The maximum atomic E-state index is 9.90. The zero-order valence-corrected chi connectivity index (χ0v) is 29.9. The lowest BCUT2D eigenvalue weighted by atomic mass is 10.00. The molecule has 6 heteroatoms. The molecule has 7 aromatic carbocycles. The average molecular weight is 717 g/mol. The molecule has 6 nitrogen and oxygen atoms in total. The molecule has 0 bridgehead atoms. The van der Waals surface area contributed by atoms with E-state index in [0.717, 1.165) is 101 Å². The Morgan fingerprint density at radius 3 is 1.55 bits per heavy atom. The largest absolute Gasteiger partial charge is 0.456 e.